The van der Waals surface area contributed by atoms with Gasteiger partial charge in [-0.25, -0.2) is 0 Å². The Morgan fingerprint density at radius 2 is 2.00 bits per heavy atom. The van der Waals surface area contributed by atoms with Gasteiger partial charge in [-0.1, -0.05) is 19.9 Å². The number of rotatable bonds is 3. The van der Waals surface area contributed by atoms with Gasteiger partial charge in [-0.05, 0) is 35.6 Å². The third-order valence-corrected chi connectivity index (χ3v) is 3.60. The van der Waals surface area contributed by atoms with Crippen molar-refractivity contribution in [2.24, 2.45) is 0 Å². The monoisotopic (exact) mass is 207 g/mol. The minimum Gasteiger partial charge on any atom is -0.295 e. The summed E-state index contributed by atoms with van der Waals surface area (Å²) in [6, 6.07) is 6.91. The largest absolute Gasteiger partial charge is 0.295 e. The van der Waals surface area contributed by atoms with E-state index in [4.69, 9.17) is 0 Å². The summed E-state index contributed by atoms with van der Waals surface area (Å²) in [5, 5.41) is 0. The Labute approximate surface area is 90.5 Å². The molecule has 0 spiro atoms. The van der Waals surface area contributed by atoms with Crippen LogP contribution in [0.3, 0.4) is 0 Å². The third kappa shape index (κ3) is 1.96. The fourth-order valence-electron chi connectivity index (χ4n) is 1.92. The predicted molar refractivity (Wildman–Crippen MR) is 62.6 cm³/mol. The maximum atomic E-state index is 2.48. The molecule has 0 atom stereocenters. The number of hydrogen-bond acceptors (Lipinski definition) is 2. The lowest BCUT2D eigenvalue weighted by Crippen LogP contribution is -2.14. The lowest BCUT2D eigenvalue weighted by molar-refractivity contribution is 0.301. The van der Waals surface area contributed by atoms with Crippen molar-refractivity contribution in [2.75, 3.05) is 12.3 Å². The van der Waals surface area contributed by atoms with Crippen LogP contribution in [0.15, 0.2) is 23.1 Å². The Kier molecular flexibility index (Phi) is 3.14. The highest BCUT2D eigenvalue weighted by Crippen LogP contribution is 2.27. The first kappa shape index (κ1) is 10.1. The molecule has 1 aliphatic rings. The first-order chi connectivity index (χ1) is 6.83. The summed E-state index contributed by atoms with van der Waals surface area (Å²) < 4.78 is 0. The van der Waals surface area contributed by atoms with E-state index in [0.29, 0.717) is 0 Å². The fraction of sp³-hybridized carbons (Fsp3) is 0.500. The maximum absolute atomic E-state index is 2.48. The van der Waals surface area contributed by atoms with Gasteiger partial charge in [0.25, 0.3) is 0 Å². The second-order valence-electron chi connectivity index (χ2n) is 3.67. The van der Waals surface area contributed by atoms with Crippen molar-refractivity contribution in [1.82, 2.24) is 4.90 Å². The van der Waals surface area contributed by atoms with Gasteiger partial charge in [-0.3, -0.25) is 4.90 Å². The fourth-order valence-corrected chi connectivity index (χ4v) is 2.64. The van der Waals surface area contributed by atoms with E-state index >= 15 is 0 Å². The average molecular weight is 207 g/mol. The van der Waals surface area contributed by atoms with E-state index in [9.17, 15) is 0 Å². The number of hydrogen-bond donors (Lipinski definition) is 0. The Hall–Kier alpha value is -0.470. The molecule has 1 aliphatic heterocycles. The van der Waals surface area contributed by atoms with Gasteiger partial charge in [0.15, 0.2) is 0 Å². The van der Waals surface area contributed by atoms with Gasteiger partial charge in [0.2, 0.25) is 0 Å². The van der Waals surface area contributed by atoms with Crippen molar-refractivity contribution in [3.63, 3.8) is 0 Å². The molecule has 76 valence electrons. The minimum absolute atomic E-state index is 1.14. The van der Waals surface area contributed by atoms with Crippen LogP contribution in [-0.4, -0.2) is 17.2 Å². The van der Waals surface area contributed by atoms with Gasteiger partial charge >= 0.3 is 0 Å². The van der Waals surface area contributed by atoms with Crippen LogP contribution in [0.5, 0.6) is 0 Å². The zero-order valence-electron chi connectivity index (χ0n) is 8.92. The second-order valence-corrected chi connectivity index (χ2v) is 5.00. The van der Waals surface area contributed by atoms with Gasteiger partial charge in [0.1, 0.15) is 0 Å². The van der Waals surface area contributed by atoms with Crippen LogP contribution in [0.1, 0.15) is 25.0 Å². The van der Waals surface area contributed by atoms with Crippen molar-refractivity contribution >= 4 is 11.8 Å². The molecule has 14 heavy (non-hydrogen) atoms. The molecule has 1 aromatic carbocycles. The highest BCUT2D eigenvalue weighted by Gasteiger charge is 2.16. The normalized spacial score (nSPS) is 15.9. The molecule has 0 radical (unpaired) electrons. The number of thioether (sulfide) groups is 1. The molecule has 0 aromatic heterocycles. The minimum atomic E-state index is 1.14. The summed E-state index contributed by atoms with van der Waals surface area (Å²) in [6.07, 6.45) is 0. The van der Waals surface area contributed by atoms with Gasteiger partial charge in [0, 0.05) is 18.0 Å². The molecular formula is C12H17NS. The summed E-state index contributed by atoms with van der Waals surface area (Å²) >= 11 is 1.93. The highest BCUT2D eigenvalue weighted by atomic mass is 32.2. The van der Waals surface area contributed by atoms with Crippen molar-refractivity contribution < 1.29 is 0 Å². The van der Waals surface area contributed by atoms with E-state index in [-0.39, 0.29) is 0 Å². The molecule has 0 unspecified atom stereocenters. The van der Waals surface area contributed by atoms with Crippen molar-refractivity contribution in [1.29, 1.82) is 0 Å². The van der Waals surface area contributed by atoms with E-state index in [2.05, 4.69) is 36.9 Å². The summed E-state index contributed by atoms with van der Waals surface area (Å²) in [4.78, 5) is 3.90. The smallest absolute Gasteiger partial charge is 0.0240 e. The maximum Gasteiger partial charge on any atom is 0.0240 e. The molecule has 0 fully saturated rings. The molecule has 0 saturated carbocycles. The SMILES string of the molecule is CCSc1ccc2c(c1)CN(CC)C2. The lowest BCUT2D eigenvalue weighted by Gasteiger charge is -2.09. The van der Waals surface area contributed by atoms with Crippen LogP contribution in [0, 0.1) is 0 Å². The molecule has 0 bridgehead atoms. The van der Waals surface area contributed by atoms with Crippen molar-refractivity contribution in [3.8, 4) is 0 Å². The van der Waals surface area contributed by atoms with Gasteiger partial charge in [-0.15, -0.1) is 11.8 Å². The first-order valence-electron chi connectivity index (χ1n) is 5.30. The van der Waals surface area contributed by atoms with Crippen LogP contribution in [0.25, 0.3) is 0 Å². The van der Waals surface area contributed by atoms with Crippen LogP contribution < -0.4 is 0 Å². The zero-order chi connectivity index (χ0) is 9.97. The molecule has 2 heteroatoms. The van der Waals surface area contributed by atoms with Crippen LogP contribution in [0.2, 0.25) is 0 Å². The average Bonchev–Trinajstić information content (AvgIpc) is 2.60. The molecule has 1 heterocycles. The Bertz CT molecular complexity index is 322. The Morgan fingerprint density at radius 1 is 1.21 bits per heavy atom. The van der Waals surface area contributed by atoms with Crippen molar-refractivity contribution in [3.05, 3.63) is 29.3 Å². The van der Waals surface area contributed by atoms with Crippen molar-refractivity contribution in [2.45, 2.75) is 31.8 Å². The van der Waals surface area contributed by atoms with Gasteiger partial charge in [0.05, 0.1) is 0 Å². The van der Waals surface area contributed by atoms with Crippen LogP contribution in [0.4, 0.5) is 0 Å². The molecule has 0 N–H and O–H groups in total. The van der Waals surface area contributed by atoms with E-state index in [1.807, 2.05) is 11.8 Å². The molecular weight excluding hydrogens is 190 g/mol. The molecule has 1 nitrogen and oxygen atoms in total. The molecule has 0 saturated heterocycles. The van der Waals surface area contributed by atoms with E-state index < -0.39 is 0 Å². The van der Waals surface area contributed by atoms with Crippen LogP contribution >= 0.6 is 11.8 Å². The summed E-state index contributed by atoms with van der Waals surface area (Å²) in [6.45, 7) is 7.88. The summed E-state index contributed by atoms with van der Waals surface area (Å²) in [5.74, 6) is 1.16. The van der Waals surface area contributed by atoms with Crippen LogP contribution in [-0.2, 0) is 13.1 Å². The second kappa shape index (κ2) is 4.37. The molecule has 0 amide bonds. The zero-order valence-corrected chi connectivity index (χ0v) is 9.73. The quantitative estimate of drug-likeness (QED) is 0.701. The highest BCUT2D eigenvalue weighted by molar-refractivity contribution is 7.99. The Morgan fingerprint density at radius 3 is 2.71 bits per heavy atom. The van der Waals surface area contributed by atoms with Gasteiger partial charge in [-0.2, -0.15) is 0 Å². The summed E-state index contributed by atoms with van der Waals surface area (Å²) in [7, 11) is 0. The molecule has 1 aromatic rings. The number of benzene rings is 1. The topological polar surface area (TPSA) is 3.24 Å². The third-order valence-electron chi connectivity index (χ3n) is 2.72. The van der Waals surface area contributed by atoms with E-state index in [1.54, 1.807) is 0 Å². The standard InChI is InChI=1S/C12H17NS/c1-3-13-8-10-5-6-12(14-4-2)7-11(10)9-13/h5-7H,3-4,8-9H2,1-2H3. The van der Waals surface area contributed by atoms with E-state index in [1.165, 1.54) is 16.0 Å². The lowest BCUT2D eigenvalue weighted by atomic mass is 10.1. The first-order valence-corrected chi connectivity index (χ1v) is 6.29. The summed E-state index contributed by atoms with van der Waals surface area (Å²) in [5.41, 5.74) is 3.05. The van der Waals surface area contributed by atoms with E-state index in [0.717, 1.165) is 25.4 Å². The predicted octanol–water partition coefficient (Wildman–Crippen LogP) is 3.13. The molecule has 0 aliphatic carbocycles. The molecule has 2 rings (SSSR count). The number of nitrogens with zero attached hydrogens (tertiary/aromatic N) is 1. The Balaban J connectivity index is 2.17. The van der Waals surface area contributed by atoms with Gasteiger partial charge < -0.3 is 0 Å². The number of fused-ring (bicyclic) bond motifs is 1.